The van der Waals surface area contributed by atoms with Gasteiger partial charge in [0.05, 0.1) is 6.04 Å². The van der Waals surface area contributed by atoms with Crippen LogP contribution in [0, 0.1) is 6.92 Å². The monoisotopic (exact) mass is 253 g/mol. The molecule has 0 amide bonds. The van der Waals surface area contributed by atoms with Gasteiger partial charge in [0, 0.05) is 20.8 Å². The number of hydrogen-bond donors (Lipinski definition) is 1. The standard InChI is InChI=1S/C14H23NO3/c1-11-6-5-7-13(10-11)18-9-8-15-12(2)14(16-3)17-4/h5-7,10,12,14-15H,8-9H2,1-4H3. The van der Waals surface area contributed by atoms with Gasteiger partial charge < -0.3 is 19.5 Å². The summed E-state index contributed by atoms with van der Waals surface area (Å²) in [7, 11) is 3.27. The SMILES string of the molecule is COC(OC)C(C)NCCOc1cccc(C)c1. The van der Waals surface area contributed by atoms with Crippen LogP contribution in [0.5, 0.6) is 5.75 Å². The first-order valence-electron chi connectivity index (χ1n) is 6.15. The Kier molecular flexibility index (Phi) is 6.72. The average molecular weight is 253 g/mol. The fourth-order valence-corrected chi connectivity index (χ4v) is 1.76. The summed E-state index contributed by atoms with van der Waals surface area (Å²) in [6.07, 6.45) is -0.232. The van der Waals surface area contributed by atoms with Crippen LogP contribution >= 0.6 is 0 Å². The van der Waals surface area contributed by atoms with Crippen molar-refractivity contribution >= 4 is 0 Å². The molecule has 0 fully saturated rings. The lowest BCUT2D eigenvalue weighted by Gasteiger charge is -2.22. The molecule has 1 atom stereocenters. The van der Waals surface area contributed by atoms with Crippen LogP contribution in [0.2, 0.25) is 0 Å². The smallest absolute Gasteiger partial charge is 0.171 e. The normalized spacial score (nSPS) is 12.7. The summed E-state index contributed by atoms with van der Waals surface area (Å²) in [5.74, 6) is 0.902. The summed E-state index contributed by atoms with van der Waals surface area (Å²) in [5.41, 5.74) is 1.20. The Labute approximate surface area is 109 Å². The molecule has 18 heavy (non-hydrogen) atoms. The highest BCUT2D eigenvalue weighted by atomic mass is 16.7. The molecule has 4 heteroatoms. The van der Waals surface area contributed by atoms with Crippen LogP contribution in [0.1, 0.15) is 12.5 Å². The molecule has 1 aromatic rings. The van der Waals surface area contributed by atoms with Gasteiger partial charge in [-0.15, -0.1) is 0 Å². The van der Waals surface area contributed by atoms with E-state index in [1.54, 1.807) is 14.2 Å². The number of benzene rings is 1. The molecular formula is C14H23NO3. The Balaban J connectivity index is 2.22. The zero-order valence-corrected chi connectivity index (χ0v) is 11.6. The lowest BCUT2D eigenvalue weighted by atomic mass is 10.2. The molecule has 0 aromatic heterocycles. The molecule has 1 rings (SSSR count). The molecule has 0 bridgehead atoms. The van der Waals surface area contributed by atoms with Crippen molar-refractivity contribution in [1.29, 1.82) is 0 Å². The summed E-state index contributed by atoms with van der Waals surface area (Å²) in [5, 5.41) is 3.29. The first kappa shape index (κ1) is 15.0. The summed E-state index contributed by atoms with van der Waals surface area (Å²) in [6, 6.07) is 8.16. The van der Waals surface area contributed by atoms with Gasteiger partial charge in [0.1, 0.15) is 12.4 Å². The van der Waals surface area contributed by atoms with Crippen molar-refractivity contribution < 1.29 is 14.2 Å². The van der Waals surface area contributed by atoms with Crippen LogP contribution in [-0.2, 0) is 9.47 Å². The van der Waals surface area contributed by atoms with E-state index >= 15 is 0 Å². The predicted octanol–water partition coefficient (Wildman–Crippen LogP) is 1.97. The summed E-state index contributed by atoms with van der Waals surface area (Å²) in [6.45, 7) is 5.44. The second kappa shape index (κ2) is 8.08. The number of methoxy groups -OCH3 is 2. The molecule has 4 nitrogen and oxygen atoms in total. The highest BCUT2D eigenvalue weighted by Crippen LogP contribution is 2.11. The molecule has 0 saturated heterocycles. The van der Waals surface area contributed by atoms with Gasteiger partial charge in [-0.3, -0.25) is 0 Å². The highest BCUT2D eigenvalue weighted by Gasteiger charge is 2.14. The van der Waals surface area contributed by atoms with Crippen LogP contribution < -0.4 is 10.1 Å². The fourth-order valence-electron chi connectivity index (χ4n) is 1.76. The van der Waals surface area contributed by atoms with E-state index in [0.717, 1.165) is 12.3 Å². The van der Waals surface area contributed by atoms with Crippen LogP contribution in [0.4, 0.5) is 0 Å². The molecule has 0 saturated carbocycles. The molecule has 102 valence electrons. The third kappa shape index (κ3) is 5.04. The molecule has 1 aromatic carbocycles. The zero-order valence-electron chi connectivity index (χ0n) is 11.6. The summed E-state index contributed by atoms with van der Waals surface area (Å²) in [4.78, 5) is 0. The zero-order chi connectivity index (χ0) is 13.4. The first-order chi connectivity index (χ1) is 8.67. The van der Waals surface area contributed by atoms with Crippen molar-refractivity contribution in [1.82, 2.24) is 5.32 Å². The van der Waals surface area contributed by atoms with Gasteiger partial charge >= 0.3 is 0 Å². The van der Waals surface area contributed by atoms with E-state index in [0.29, 0.717) is 6.61 Å². The number of ether oxygens (including phenoxy) is 3. The van der Waals surface area contributed by atoms with Gasteiger partial charge in [0.2, 0.25) is 0 Å². The molecule has 1 N–H and O–H groups in total. The maximum atomic E-state index is 5.64. The largest absolute Gasteiger partial charge is 0.492 e. The Bertz CT molecular complexity index is 340. The Morgan fingerprint density at radius 3 is 2.56 bits per heavy atom. The predicted molar refractivity (Wildman–Crippen MR) is 71.9 cm³/mol. The van der Waals surface area contributed by atoms with E-state index in [-0.39, 0.29) is 12.3 Å². The van der Waals surface area contributed by atoms with E-state index < -0.39 is 0 Å². The van der Waals surface area contributed by atoms with Crippen molar-refractivity contribution in [2.45, 2.75) is 26.2 Å². The number of nitrogens with one attached hydrogen (secondary N) is 1. The molecule has 0 aliphatic carbocycles. The van der Waals surface area contributed by atoms with Crippen LogP contribution in [0.15, 0.2) is 24.3 Å². The van der Waals surface area contributed by atoms with Crippen LogP contribution in [0.25, 0.3) is 0 Å². The second-order valence-corrected chi connectivity index (χ2v) is 4.25. The third-order valence-electron chi connectivity index (χ3n) is 2.70. The van der Waals surface area contributed by atoms with Crippen molar-refractivity contribution in [3.05, 3.63) is 29.8 Å². The van der Waals surface area contributed by atoms with Gasteiger partial charge in [0.25, 0.3) is 0 Å². The average Bonchev–Trinajstić information content (AvgIpc) is 2.36. The van der Waals surface area contributed by atoms with Crippen molar-refractivity contribution in [3.8, 4) is 5.75 Å². The van der Waals surface area contributed by atoms with Crippen LogP contribution in [-0.4, -0.2) is 39.7 Å². The van der Waals surface area contributed by atoms with E-state index in [4.69, 9.17) is 14.2 Å². The summed E-state index contributed by atoms with van der Waals surface area (Å²) < 4.78 is 16.0. The van der Waals surface area contributed by atoms with Crippen molar-refractivity contribution in [2.75, 3.05) is 27.4 Å². The van der Waals surface area contributed by atoms with Gasteiger partial charge in [-0.2, -0.15) is 0 Å². The lowest BCUT2D eigenvalue weighted by Crippen LogP contribution is -2.41. The third-order valence-corrected chi connectivity index (χ3v) is 2.70. The van der Waals surface area contributed by atoms with Crippen molar-refractivity contribution in [3.63, 3.8) is 0 Å². The second-order valence-electron chi connectivity index (χ2n) is 4.25. The van der Waals surface area contributed by atoms with Crippen molar-refractivity contribution in [2.24, 2.45) is 0 Å². The number of aryl methyl sites for hydroxylation is 1. The molecule has 0 radical (unpaired) electrons. The minimum absolute atomic E-state index is 0.126. The Morgan fingerprint density at radius 2 is 1.94 bits per heavy atom. The molecule has 0 spiro atoms. The maximum absolute atomic E-state index is 5.64. The van der Waals surface area contributed by atoms with Gasteiger partial charge in [-0.25, -0.2) is 0 Å². The molecule has 1 unspecified atom stereocenters. The van der Waals surface area contributed by atoms with Crippen LogP contribution in [0.3, 0.4) is 0 Å². The minimum atomic E-state index is -0.232. The van der Waals surface area contributed by atoms with E-state index in [1.807, 2.05) is 25.1 Å². The maximum Gasteiger partial charge on any atom is 0.171 e. The molecule has 0 heterocycles. The Morgan fingerprint density at radius 1 is 1.22 bits per heavy atom. The van der Waals surface area contributed by atoms with Gasteiger partial charge in [-0.1, -0.05) is 12.1 Å². The first-order valence-corrected chi connectivity index (χ1v) is 6.15. The number of rotatable bonds is 8. The minimum Gasteiger partial charge on any atom is -0.492 e. The quantitative estimate of drug-likeness (QED) is 0.568. The topological polar surface area (TPSA) is 39.7 Å². The van der Waals surface area contributed by atoms with E-state index in [2.05, 4.69) is 18.3 Å². The number of hydrogen-bond acceptors (Lipinski definition) is 4. The highest BCUT2D eigenvalue weighted by molar-refractivity contribution is 5.27. The lowest BCUT2D eigenvalue weighted by molar-refractivity contribution is -0.119. The Hall–Kier alpha value is -1.10. The molecule has 0 aliphatic heterocycles. The summed E-state index contributed by atoms with van der Waals surface area (Å²) >= 11 is 0. The van der Waals surface area contributed by atoms with E-state index in [9.17, 15) is 0 Å². The van der Waals surface area contributed by atoms with Gasteiger partial charge in [0.15, 0.2) is 6.29 Å². The molecule has 0 aliphatic rings. The van der Waals surface area contributed by atoms with Gasteiger partial charge in [-0.05, 0) is 31.5 Å². The fraction of sp³-hybridized carbons (Fsp3) is 0.571. The molecular weight excluding hydrogens is 230 g/mol. The van der Waals surface area contributed by atoms with E-state index in [1.165, 1.54) is 5.56 Å².